The van der Waals surface area contributed by atoms with Gasteiger partial charge in [0.05, 0.1) is 15.6 Å². The number of halogens is 2. The fourth-order valence-electron chi connectivity index (χ4n) is 1.55. The Kier molecular flexibility index (Phi) is 7.10. The summed E-state index contributed by atoms with van der Waals surface area (Å²) in [7, 11) is 2.58. The number of benzene rings is 2. The van der Waals surface area contributed by atoms with E-state index < -0.39 is 0 Å². The first kappa shape index (κ1) is 17.6. The summed E-state index contributed by atoms with van der Waals surface area (Å²) in [6.45, 7) is -0.0976. The molecule has 0 N–H and O–H groups in total. The van der Waals surface area contributed by atoms with Gasteiger partial charge in [0.1, 0.15) is 5.75 Å². The van der Waals surface area contributed by atoms with Gasteiger partial charge in [-0.2, -0.15) is 0 Å². The molecule has 20 heavy (non-hydrogen) atoms. The molecule has 0 amide bonds. The van der Waals surface area contributed by atoms with Crippen LogP contribution in [0, 0.1) is 0 Å². The van der Waals surface area contributed by atoms with Crippen molar-refractivity contribution in [2.45, 2.75) is 0 Å². The molecule has 0 heterocycles. The summed E-state index contributed by atoms with van der Waals surface area (Å²) in [6, 6.07) is 12.3. The molecule has 0 aliphatic rings. The molecule has 0 spiro atoms. The normalized spacial score (nSPS) is 9.75. The van der Waals surface area contributed by atoms with E-state index in [0.717, 1.165) is 5.30 Å². The molecule has 0 radical (unpaired) electrons. The maximum atomic E-state index is 12.0. The average Bonchev–Trinajstić information content (AvgIpc) is 2.38. The summed E-state index contributed by atoms with van der Waals surface area (Å²) in [6.07, 6.45) is 0. The molecule has 0 fully saturated rings. The van der Waals surface area contributed by atoms with Gasteiger partial charge in [0.2, 0.25) is 5.78 Å². The molecule has 6 heteroatoms. The Hall–Kier alpha value is -0.483. The van der Waals surface area contributed by atoms with Crippen LogP contribution in [0.15, 0.2) is 42.5 Å². The van der Waals surface area contributed by atoms with Crippen molar-refractivity contribution in [2.24, 2.45) is 0 Å². The SMILES string of the molecule is O=C(COc1ccc(P)cc1)c1c(Cl)cccc1Cl.[H-].[Li+]. The summed E-state index contributed by atoms with van der Waals surface area (Å²) < 4.78 is 5.41. The van der Waals surface area contributed by atoms with E-state index >= 15 is 0 Å². The van der Waals surface area contributed by atoms with Crippen LogP contribution in [0.25, 0.3) is 0 Å². The van der Waals surface area contributed by atoms with Crippen molar-refractivity contribution in [3.05, 3.63) is 58.1 Å². The number of Topliss-reactive ketones (excluding diaryl/α,β-unsaturated/α-hetero) is 1. The molecule has 1 unspecified atom stereocenters. The van der Waals surface area contributed by atoms with Gasteiger partial charge in [-0.05, 0) is 29.6 Å². The minimum Gasteiger partial charge on any atom is -1.00 e. The topological polar surface area (TPSA) is 26.3 Å². The molecular formula is C14H12Cl2LiO2P. The van der Waals surface area contributed by atoms with Crippen LogP contribution in [-0.4, -0.2) is 12.4 Å². The third-order valence-electron chi connectivity index (χ3n) is 2.49. The molecule has 2 nitrogen and oxygen atoms in total. The Balaban J connectivity index is 0.00000200. The predicted molar refractivity (Wildman–Crippen MR) is 83.2 cm³/mol. The minimum atomic E-state index is -0.245. The number of ether oxygens (including phenoxy) is 1. The van der Waals surface area contributed by atoms with Gasteiger partial charge in [0.25, 0.3) is 0 Å². The van der Waals surface area contributed by atoms with Crippen LogP contribution in [-0.2, 0) is 0 Å². The molecule has 2 aromatic carbocycles. The van der Waals surface area contributed by atoms with Crippen LogP contribution in [0.2, 0.25) is 10.0 Å². The summed E-state index contributed by atoms with van der Waals surface area (Å²) >= 11 is 11.9. The fraction of sp³-hybridized carbons (Fsp3) is 0.0714. The van der Waals surface area contributed by atoms with Crippen molar-refractivity contribution in [3.63, 3.8) is 0 Å². The molecule has 0 bridgehead atoms. The van der Waals surface area contributed by atoms with E-state index in [-0.39, 0.29) is 32.7 Å². The van der Waals surface area contributed by atoms with E-state index in [1.807, 2.05) is 12.1 Å². The zero-order chi connectivity index (χ0) is 13.8. The smallest absolute Gasteiger partial charge is 1.00 e. The largest absolute Gasteiger partial charge is 1.00 e. The second kappa shape index (κ2) is 8.08. The summed E-state index contributed by atoms with van der Waals surface area (Å²) in [5, 5.41) is 1.72. The number of hydrogen-bond acceptors (Lipinski definition) is 2. The van der Waals surface area contributed by atoms with E-state index in [4.69, 9.17) is 27.9 Å². The van der Waals surface area contributed by atoms with Crippen LogP contribution >= 0.6 is 32.4 Å². The van der Waals surface area contributed by atoms with E-state index in [1.165, 1.54) is 0 Å². The van der Waals surface area contributed by atoms with Gasteiger partial charge in [0.15, 0.2) is 6.61 Å². The molecule has 0 saturated carbocycles. The van der Waals surface area contributed by atoms with Gasteiger partial charge >= 0.3 is 18.9 Å². The number of carbonyl (C=O) groups is 1. The van der Waals surface area contributed by atoms with Crippen molar-refractivity contribution < 1.29 is 29.8 Å². The average molecular weight is 321 g/mol. The van der Waals surface area contributed by atoms with Crippen LogP contribution in [0.3, 0.4) is 0 Å². The van der Waals surface area contributed by atoms with E-state index in [2.05, 4.69) is 9.24 Å². The first-order chi connectivity index (χ1) is 9.08. The Morgan fingerprint density at radius 3 is 2.20 bits per heavy atom. The Morgan fingerprint density at radius 1 is 1.10 bits per heavy atom. The van der Waals surface area contributed by atoms with Crippen molar-refractivity contribution in [1.82, 2.24) is 0 Å². The standard InChI is InChI=1S/C14H11Cl2O2P.Li.H/c15-11-2-1-3-12(16)14(11)13(17)8-18-9-4-6-10(19)7-5-9;;/h1-7H,8,19H2;;/q;+1;-1. The Bertz CT molecular complexity index is 588. The van der Waals surface area contributed by atoms with Gasteiger partial charge in [-0.3, -0.25) is 4.79 Å². The molecule has 2 rings (SSSR count). The molecule has 0 aliphatic carbocycles. The number of rotatable bonds is 4. The third-order valence-corrected chi connectivity index (χ3v) is 3.51. The van der Waals surface area contributed by atoms with Crippen molar-refractivity contribution >= 4 is 43.5 Å². The maximum absolute atomic E-state index is 12.0. The second-order valence-electron chi connectivity index (χ2n) is 3.88. The van der Waals surface area contributed by atoms with Gasteiger partial charge in [-0.15, -0.1) is 9.24 Å². The zero-order valence-corrected chi connectivity index (χ0v) is 13.6. The third kappa shape index (κ3) is 4.52. The van der Waals surface area contributed by atoms with Crippen molar-refractivity contribution in [1.29, 1.82) is 0 Å². The number of carbonyl (C=O) groups excluding carboxylic acids is 1. The molecule has 2 aromatic rings. The second-order valence-corrected chi connectivity index (χ2v) is 5.36. The van der Waals surface area contributed by atoms with E-state index in [0.29, 0.717) is 21.4 Å². The number of hydrogen-bond donors (Lipinski definition) is 0. The molecule has 0 saturated heterocycles. The summed E-state index contributed by atoms with van der Waals surface area (Å²) in [4.78, 5) is 12.0. The van der Waals surface area contributed by atoms with E-state index in [9.17, 15) is 4.79 Å². The monoisotopic (exact) mass is 320 g/mol. The zero-order valence-electron chi connectivity index (χ0n) is 11.9. The first-order valence-electron chi connectivity index (χ1n) is 5.53. The van der Waals surface area contributed by atoms with Gasteiger partial charge in [0, 0.05) is 0 Å². The van der Waals surface area contributed by atoms with Crippen LogP contribution in [0.5, 0.6) is 5.75 Å². The van der Waals surface area contributed by atoms with E-state index in [1.54, 1.807) is 30.3 Å². The first-order valence-corrected chi connectivity index (χ1v) is 6.87. The quantitative estimate of drug-likeness (QED) is 0.475. The molecule has 0 aliphatic heterocycles. The van der Waals surface area contributed by atoms with Gasteiger partial charge in [-0.25, -0.2) is 0 Å². The molecular weight excluding hydrogens is 309 g/mol. The minimum absolute atomic E-state index is 0. The van der Waals surface area contributed by atoms with Gasteiger partial charge in [-0.1, -0.05) is 41.4 Å². The number of ketones is 1. The molecule has 100 valence electrons. The molecule has 0 aromatic heterocycles. The van der Waals surface area contributed by atoms with Crippen LogP contribution < -0.4 is 28.9 Å². The van der Waals surface area contributed by atoms with Crippen LogP contribution in [0.1, 0.15) is 11.8 Å². The fourth-order valence-corrected chi connectivity index (χ4v) is 2.35. The summed E-state index contributed by atoms with van der Waals surface area (Å²) in [5.74, 6) is 0.383. The van der Waals surface area contributed by atoms with Crippen molar-refractivity contribution in [2.75, 3.05) is 6.61 Å². The Morgan fingerprint density at radius 2 is 1.65 bits per heavy atom. The molecule has 1 atom stereocenters. The summed E-state index contributed by atoms with van der Waals surface area (Å²) in [5.41, 5.74) is 0.300. The predicted octanol–water partition coefficient (Wildman–Crippen LogP) is 0.872. The van der Waals surface area contributed by atoms with Crippen molar-refractivity contribution in [3.8, 4) is 5.75 Å². The Labute approximate surface area is 143 Å². The van der Waals surface area contributed by atoms with Gasteiger partial charge < -0.3 is 6.16 Å². The maximum Gasteiger partial charge on any atom is 1.00 e. The van der Waals surface area contributed by atoms with Crippen LogP contribution in [0.4, 0.5) is 0 Å².